The summed E-state index contributed by atoms with van der Waals surface area (Å²) in [7, 11) is 0. The number of hydrogen-bond acceptors (Lipinski definition) is 3. The first-order valence-corrected chi connectivity index (χ1v) is 5.39. The number of nitrogens with zero attached hydrogens (tertiary/aromatic N) is 1. The van der Waals surface area contributed by atoms with Crippen molar-refractivity contribution in [1.29, 1.82) is 0 Å². The average Bonchev–Trinajstić information content (AvgIpc) is 2.73. The van der Waals surface area contributed by atoms with Crippen LogP contribution in [-0.4, -0.2) is 35.0 Å². The second-order valence-corrected chi connectivity index (χ2v) is 5.39. The Morgan fingerprint density at radius 1 is 1.40 bits per heavy atom. The molecule has 0 radical (unpaired) electrons. The van der Waals surface area contributed by atoms with Crippen LogP contribution in [0.15, 0.2) is 0 Å². The van der Waals surface area contributed by atoms with Gasteiger partial charge in [-0.1, -0.05) is 0 Å². The molecule has 0 aromatic rings. The van der Waals surface area contributed by atoms with Crippen molar-refractivity contribution in [3.05, 3.63) is 0 Å². The molecule has 1 amide bonds. The van der Waals surface area contributed by atoms with E-state index in [1.165, 1.54) is 0 Å². The zero-order valence-corrected chi connectivity index (χ0v) is 9.40. The monoisotopic (exact) mass is 211 g/mol. The van der Waals surface area contributed by atoms with Gasteiger partial charge in [0, 0.05) is 6.04 Å². The number of piperidine rings is 1. The SMILES string of the molecule is CC(C)(C)OC(=O)N1C2C[C@@H]2C[C@@H]1C=O. The maximum atomic E-state index is 11.8. The molecule has 1 aliphatic heterocycles. The smallest absolute Gasteiger partial charge is 0.411 e. The molecule has 0 spiro atoms. The molecule has 1 aliphatic carbocycles. The van der Waals surface area contributed by atoms with Crippen LogP contribution in [0.25, 0.3) is 0 Å². The highest BCUT2D eigenvalue weighted by atomic mass is 16.6. The van der Waals surface area contributed by atoms with E-state index in [4.69, 9.17) is 4.74 Å². The second kappa shape index (κ2) is 3.22. The number of carbonyl (C=O) groups is 2. The van der Waals surface area contributed by atoms with Gasteiger partial charge in [0.1, 0.15) is 11.9 Å². The Balaban J connectivity index is 2.02. The van der Waals surface area contributed by atoms with Gasteiger partial charge in [-0.3, -0.25) is 4.90 Å². The number of aldehydes is 1. The number of likely N-dealkylation sites (tertiary alicyclic amines) is 1. The fourth-order valence-corrected chi connectivity index (χ4v) is 2.20. The molecule has 4 heteroatoms. The van der Waals surface area contributed by atoms with Crippen molar-refractivity contribution in [2.45, 2.75) is 51.3 Å². The zero-order valence-electron chi connectivity index (χ0n) is 9.40. The molecule has 4 nitrogen and oxygen atoms in total. The molecule has 0 N–H and O–H groups in total. The lowest BCUT2D eigenvalue weighted by atomic mass is 10.2. The Kier molecular flexibility index (Phi) is 2.24. The largest absolute Gasteiger partial charge is 0.444 e. The first-order chi connectivity index (χ1) is 6.92. The Morgan fingerprint density at radius 3 is 2.60 bits per heavy atom. The van der Waals surface area contributed by atoms with Gasteiger partial charge >= 0.3 is 6.09 Å². The van der Waals surface area contributed by atoms with E-state index in [2.05, 4.69) is 0 Å². The Labute approximate surface area is 89.6 Å². The molecule has 1 heterocycles. The summed E-state index contributed by atoms with van der Waals surface area (Å²) in [5, 5.41) is 0. The standard InChI is InChI=1S/C11H17NO3/c1-11(2,3)15-10(14)12-8(6-13)4-7-5-9(7)12/h6-9H,4-5H2,1-3H3/t7-,8+,9?/m0/s1. The van der Waals surface area contributed by atoms with Crippen LogP contribution in [0, 0.1) is 5.92 Å². The third-order valence-corrected chi connectivity index (χ3v) is 2.91. The van der Waals surface area contributed by atoms with Gasteiger partial charge in [-0.25, -0.2) is 4.79 Å². The molecule has 0 aromatic carbocycles. The molecule has 84 valence electrons. The predicted molar refractivity (Wildman–Crippen MR) is 54.4 cm³/mol. The lowest BCUT2D eigenvalue weighted by Gasteiger charge is -2.28. The lowest BCUT2D eigenvalue weighted by Crippen LogP contribution is -2.42. The van der Waals surface area contributed by atoms with Gasteiger partial charge in [-0.15, -0.1) is 0 Å². The summed E-state index contributed by atoms with van der Waals surface area (Å²) in [6, 6.07) is -0.00125. The highest BCUT2D eigenvalue weighted by molar-refractivity contribution is 5.76. The quantitative estimate of drug-likeness (QED) is 0.619. The van der Waals surface area contributed by atoms with Crippen molar-refractivity contribution >= 4 is 12.4 Å². The van der Waals surface area contributed by atoms with Crippen molar-refractivity contribution in [1.82, 2.24) is 4.90 Å². The number of rotatable bonds is 1. The van der Waals surface area contributed by atoms with Crippen LogP contribution >= 0.6 is 0 Å². The Morgan fingerprint density at radius 2 is 2.07 bits per heavy atom. The summed E-state index contributed by atoms with van der Waals surface area (Å²) < 4.78 is 5.28. The van der Waals surface area contributed by atoms with Gasteiger partial charge in [0.15, 0.2) is 0 Å². The van der Waals surface area contributed by atoms with Crippen molar-refractivity contribution in [3.8, 4) is 0 Å². The number of amides is 1. The van der Waals surface area contributed by atoms with Crippen LogP contribution < -0.4 is 0 Å². The summed E-state index contributed by atoms with van der Waals surface area (Å²) >= 11 is 0. The fourth-order valence-electron chi connectivity index (χ4n) is 2.20. The molecule has 1 saturated heterocycles. The van der Waals surface area contributed by atoms with Crippen LogP contribution in [0.1, 0.15) is 33.6 Å². The molecule has 3 atom stereocenters. The van der Waals surface area contributed by atoms with E-state index in [1.54, 1.807) is 4.90 Å². The first-order valence-electron chi connectivity index (χ1n) is 5.39. The van der Waals surface area contributed by atoms with E-state index in [9.17, 15) is 9.59 Å². The third kappa shape index (κ3) is 1.98. The van der Waals surface area contributed by atoms with Crippen molar-refractivity contribution < 1.29 is 14.3 Å². The van der Waals surface area contributed by atoms with E-state index >= 15 is 0 Å². The minimum absolute atomic E-state index is 0.259. The van der Waals surface area contributed by atoms with Crippen LogP contribution in [0.5, 0.6) is 0 Å². The van der Waals surface area contributed by atoms with Crippen LogP contribution in [0.4, 0.5) is 4.79 Å². The Bertz CT molecular complexity index is 295. The van der Waals surface area contributed by atoms with Crippen molar-refractivity contribution in [2.24, 2.45) is 5.92 Å². The van der Waals surface area contributed by atoms with Crippen LogP contribution in [0.3, 0.4) is 0 Å². The maximum Gasteiger partial charge on any atom is 0.411 e. The molecule has 2 rings (SSSR count). The molecule has 0 aromatic heterocycles. The highest BCUT2D eigenvalue weighted by Gasteiger charge is 2.54. The van der Waals surface area contributed by atoms with E-state index < -0.39 is 5.60 Å². The summed E-state index contributed by atoms with van der Waals surface area (Å²) in [6.07, 6.45) is 2.36. The fraction of sp³-hybridized carbons (Fsp3) is 0.818. The average molecular weight is 211 g/mol. The van der Waals surface area contributed by atoms with Crippen molar-refractivity contribution in [2.75, 3.05) is 0 Å². The molecule has 2 fully saturated rings. The minimum Gasteiger partial charge on any atom is -0.444 e. The number of fused-ring (bicyclic) bond motifs is 1. The van der Waals surface area contributed by atoms with Crippen LogP contribution in [0.2, 0.25) is 0 Å². The van der Waals surface area contributed by atoms with E-state index in [-0.39, 0.29) is 18.2 Å². The zero-order chi connectivity index (χ0) is 11.2. The minimum atomic E-state index is -0.489. The first kappa shape index (κ1) is 10.5. The predicted octanol–water partition coefficient (Wildman–Crippen LogP) is 1.58. The normalized spacial score (nSPS) is 33.5. The van der Waals surface area contributed by atoms with Gasteiger partial charge in [0.25, 0.3) is 0 Å². The summed E-state index contributed by atoms with van der Waals surface area (Å²) in [6.45, 7) is 5.50. The lowest BCUT2D eigenvalue weighted by molar-refractivity contribution is -0.112. The number of carbonyl (C=O) groups excluding carboxylic acids is 2. The summed E-state index contributed by atoms with van der Waals surface area (Å²) in [5.41, 5.74) is -0.489. The molecule has 15 heavy (non-hydrogen) atoms. The molecule has 1 unspecified atom stereocenters. The van der Waals surface area contributed by atoms with Crippen molar-refractivity contribution in [3.63, 3.8) is 0 Å². The van der Waals surface area contributed by atoms with Gasteiger partial charge in [-0.05, 0) is 39.5 Å². The maximum absolute atomic E-state index is 11.8. The summed E-state index contributed by atoms with van der Waals surface area (Å²) in [5.74, 6) is 0.535. The molecule has 1 saturated carbocycles. The van der Waals surface area contributed by atoms with E-state index in [0.717, 1.165) is 19.1 Å². The van der Waals surface area contributed by atoms with E-state index in [0.29, 0.717) is 5.92 Å². The highest BCUT2D eigenvalue weighted by Crippen LogP contribution is 2.47. The molecule has 2 aliphatic rings. The number of ether oxygens (including phenoxy) is 1. The third-order valence-electron chi connectivity index (χ3n) is 2.91. The van der Waals surface area contributed by atoms with Gasteiger partial charge in [-0.2, -0.15) is 0 Å². The van der Waals surface area contributed by atoms with E-state index in [1.807, 2.05) is 20.8 Å². The van der Waals surface area contributed by atoms with Gasteiger partial charge in [0.05, 0.1) is 6.04 Å². The molecular formula is C11H17NO3. The van der Waals surface area contributed by atoms with Crippen LogP contribution in [-0.2, 0) is 9.53 Å². The molecule has 0 bridgehead atoms. The van der Waals surface area contributed by atoms with Gasteiger partial charge < -0.3 is 9.53 Å². The second-order valence-electron chi connectivity index (χ2n) is 5.39. The Hall–Kier alpha value is -1.06. The topological polar surface area (TPSA) is 46.6 Å². The van der Waals surface area contributed by atoms with Gasteiger partial charge in [0.2, 0.25) is 0 Å². The molecular weight excluding hydrogens is 194 g/mol. The summed E-state index contributed by atoms with van der Waals surface area (Å²) in [4.78, 5) is 24.2. The number of hydrogen-bond donors (Lipinski definition) is 0.